The fourth-order valence-corrected chi connectivity index (χ4v) is 1.96. The van der Waals surface area contributed by atoms with Gasteiger partial charge in [0.1, 0.15) is 5.78 Å². The second kappa shape index (κ2) is 4.43. The van der Waals surface area contributed by atoms with E-state index < -0.39 is 0 Å². The highest BCUT2D eigenvalue weighted by Gasteiger charge is 2.30. The van der Waals surface area contributed by atoms with Gasteiger partial charge in [-0.25, -0.2) is 0 Å². The summed E-state index contributed by atoms with van der Waals surface area (Å²) in [7, 11) is 0. The number of carbonyl (C=O) groups excluding carboxylic acids is 1. The molecule has 82 valence electrons. The third kappa shape index (κ3) is 3.09. The van der Waals surface area contributed by atoms with Crippen LogP contribution in [-0.2, 0) is 4.79 Å². The number of carbonyl (C=O) groups is 1. The van der Waals surface area contributed by atoms with Crippen LogP contribution in [0.1, 0.15) is 40.5 Å². The summed E-state index contributed by atoms with van der Waals surface area (Å²) in [5.41, 5.74) is 0.412. The summed E-state index contributed by atoms with van der Waals surface area (Å²) >= 11 is 0. The van der Waals surface area contributed by atoms with E-state index in [9.17, 15) is 4.79 Å². The zero-order valence-corrected chi connectivity index (χ0v) is 9.97. The van der Waals surface area contributed by atoms with E-state index >= 15 is 0 Å². The molecule has 2 heteroatoms. The number of ketones is 1. The molecule has 0 N–H and O–H groups in total. The Bertz CT molecular complexity index is 210. The topological polar surface area (TPSA) is 20.3 Å². The Morgan fingerprint density at radius 1 is 1.50 bits per heavy atom. The molecule has 0 amide bonds. The van der Waals surface area contributed by atoms with Crippen molar-refractivity contribution >= 4 is 5.78 Å². The first kappa shape index (κ1) is 11.7. The first-order valence-electron chi connectivity index (χ1n) is 5.69. The van der Waals surface area contributed by atoms with Crippen molar-refractivity contribution in [1.29, 1.82) is 0 Å². The van der Waals surface area contributed by atoms with Crippen LogP contribution in [0.15, 0.2) is 0 Å². The van der Waals surface area contributed by atoms with Crippen LogP contribution in [0.5, 0.6) is 0 Å². The van der Waals surface area contributed by atoms with Gasteiger partial charge in [0.15, 0.2) is 0 Å². The zero-order chi connectivity index (χ0) is 10.8. The van der Waals surface area contributed by atoms with E-state index in [1.54, 1.807) is 0 Å². The van der Waals surface area contributed by atoms with Crippen LogP contribution >= 0.6 is 0 Å². The van der Waals surface area contributed by atoms with Gasteiger partial charge in [-0.05, 0) is 24.8 Å². The lowest BCUT2D eigenvalue weighted by molar-refractivity contribution is -0.123. The smallest absolute Gasteiger partial charge is 0.149 e. The number of nitrogens with zero attached hydrogens (tertiary/aromatic N) is 1. The summed E-state index contributed by atoms with van der Waals surface area (Å²) in [6.45, 7) is 11.5. The average Bonchev–Trinajstić information content (AvgIpc) is 2.44. The van der Waals surface area contributed by atoms with E-state index in [0.717, 1.165) is 19.5 Å². The average molecular weight is 197 g/mol. The molecule has 0 spiro atoms. The van der Waals surface area contributed by atoms with Crippen LogP contribution in [0.2, 0.25) is 0 Å². The lowest BCUT2D eigenvalue weighted by Gasteiger charge is -2.20. The minimum Gasteiger partial charge on any atom is -0.298 e. The maximum atomic E-state index is 11.7. The molecule has 1 saturated heterocycles. The van der Waals surface area contributed by atoms with Crippen LogP contribution < -0.4 is 0 Å². The fraction of sp³-hybridized carbons (Fsp3) is 0.917. The van der Waals surface area contributed by atoms with Gasteiger partial charge in [0.25, 0.3) is 0 Å². The van der Waals surface area contributed by atoms with Crippen molar-refractivity contribution in [2.75, 3.05) is 19.6 Å². The molecule has 1 atom stereocenters. The summed E-state index contributed by atoms with van der Waals surface area (Å²) in [5, 5.41) is 0. The van der Waals surface area contributed by atoms with Crippen molar-refractivity contribution in [3.8, 4) is 0 Å². The van der Waals surface area contributed by atoms with E-state index in [2.05, 4.69) is 25.7 Å². The molecule has 0 aliphatic carbocycles. The van der Waals surface area contributed by atoms with Gasteiger partial charge in [0.2, 0.25) is 0 Å². The van der Waals surface area contributed by atoms with Gasteiger partial charge in [-0.1, -0.05) is 27.7 Å². The molecule has 1 unspecified atom stereocenters. The molecular formula is C12H23NO. The largest absolute Gasteiger partial charge is 0.298 e. The van der Waals surface area contributed by atoms with Crippen LogP contribution in [0.3, 0.4) is 0 Å². The van der Waals surface area contributed by atoms with Gasteiger partial charge in [-0.2, -0.15) is 0 Å². The molecule has 0 saturated carbocycles. The molecule has 1 rings (SSSR count). The number of likely N-dealkylation sites (tertiary alicyclic amines) is 1. The third-order valence-corrected chi connectivity index (χ3v) is 3.30. The molecule has 0 radical (unpaired) electrons. The maximum absolute atomic E-state index is 11.7. The molecule has 1 aliphatic rings. The molecule has 2 nitrogen and oxygen atoms in total. The van der Waals surface area contributed by atoms with Gasteiger partial charge in [0.05, 0.1) is 6.54 Å². The van der Waals surface area contributed by atoms with Gasteiger partial charge < -0.3 is 0 Å². The van der Waals surface area contributed by atoms with Crippen molar-refractivity contribution in [3.05, 3.63) is 0 Å². The fourth-order valence-electron chi connectivity index (χ4n) is 1.96. The maximum Gasteiger partial charge on any atom is 0.149 e. The van der Waals surface area contributed by atoms with E-state index in [-0.39, 0.29) is 5.92 Å². The molecule has 0 bridgehead atoms. The highest BCUT2D eigenvalue weighted by molar-refractivity contribution is 5.82. The molecule has 0 aromatic rings. The van der Waals surface area contributed by atoms with Gasteiger partial charge in [0, 0.05) is 12.5 Å². The Morgan fingerprint density at radius 3 is 2.57 bits per heavy atom. The minimum atomic E-state index is 0.235. The number of rotatable bonds is 4. The highest BCUT2D eigenvalue weighted by Crippen LogP contribution is 2.28. The second-order valence-electron chi connectivity index (χ2n) is 5.40. The van der Waals surface area contributed by atoms with E-state index in [4.69, 9.17) is 0 Å². The summed E-state index contributed by atoms with van der Waals surface area (Å²) in [6, 6.07) is 0. The first-order chi connectivity index (χ1) is 6.44. The lowest BCUT2D eigenvalue weighted by Crippen LogP contribution is -2.31. The normalized spacial score (nSPS) is 23.7. The number of Topliss-reactive ketones (excluding diaryl/α,β-unsaturated/α-hetero) is 1. The third-order valence-electron chi connectivity index (χ3n) is 3.30. The molecule has 0 aromatic heterocycles. The van der Waals surface area contributed by atoms with Crippen molar-refractivity contribution in [2.45, 2.75) is 40.5 Å². The Balaban J connectivity index is 2.36. The molecule has 1 aliphatic heterocycles. The predicted molar refractivity (Wildman–Crippen MR) is 59.3 cm³/mol. The van der Waals surface area contributed by atoms with Crippen LogP contribution in [0, 0.1) is 11.3 Å². The first-order valence-corrected chi connectivity index (χ1v) is 5.69. The molecule has 0 aromatic carbocycles. The van der Waals surface area contributed by atoms with Gasteiger partial charge in [-0.3, -0.25) is 9.69 Å². The Hall–Kier alpha value is -0.370. The SMILES string of the molecule is CCC(C)C(=O)CN1CCC(C)(C)C1. The quantitative estimate of drug-likeness (QED) is 0.689. The Labute approximate surface area is 87.7 Å². The molecule has 1 fully saturated rings. The zero-order valence-electron chi connectivity index (χ0n) is 9.97. The second-order valence-corrected chi connectivity index (χ2v) is 5.40. The Kier molecular flexibility index (Phi) is 3.71. The predicted octanol–water partition coefficient (Wildman–Crippen LogP) is 2.33. The van der Waals surface area contributed by atoms with E-state index in [1.165, 1.54) is 6.42 Å². The highest BCUT2D eigenvalue weighted by atomic mass is 16.1. The summed E-state index contributed by atoms with van der Waals surface area (Å²) in [5.74, 6) is 0.643. The molecule has 1 heterocycles. The monoisotopic (exact) mass is 197 g/mol. The number of hydrogen-bond acceptors (Lipinski definition) is 2. The Morgan fingerprint density at radius 2 is 2.14 bits per heavy atom. The standard InChI is InChI=1S/C12H23NO/c1-5-10(2)11(14)8-13-7-6-12(3,4)9-13/h10H,5-9H2,1-4H3. The lowest BCUT2D eigenvalue weighted by atomic mass is 9.93. The van der Waals surface area contributed by atoms with Crippen molar-refractivity contribution in [3.63, 3.8) is 0 Å². The molecule has 14 heavy (non-hydrogen) atoms. The number of hydrogen-bond donors (Lipinski definition) is 0. The minimum absolute atomic E-state index is 0.235. The van der Waals surface area contributed by atoms with Crippen LogP contribution in [0.25, 0.3) is 0 Å². The van der Waals surface area contributed by atoms with Gasteiger partial charge in [-0.15, -0.1) is 0 Å². The van der Waals surface area contributed by atoms with Gasteiger partial charge >= 0.3 is 0 Å². The summed E-state index contributed by atoms with van der Waals surface area (Å²) < 4.78 is 0. The van der Waals surface area contributed by atoms with Crippen LogP contribution in [-0.4, -0.2) is 30.3 Å². The summed E-state index contributed by atoms with van der Waals surface area (Å²) in [4.78, 5) is 14.0. The van der Waals surface area contributed by atoms with Crippen LogP contribution in [0.4, 0.5) is 0 Å². The van der Waals surface area contributed by atoms with Crippen molar-refractivity contribution in [2.24, 2.45) is 11.3 Å². The van der Waals surface area contributed by atoms with E-state index in [1.807, 2.05) is 6.92 Å². The molecular weight excluding hydrogens is 174 g/mol. The summed E-state index contributed by atoms with van der Waals surface area (Å²) in [6.07, 6.45) is 2.19. The van der Waals surface area contributed by atoms with Crippen molar-refractivity contribution in [1.82, 2.24) is 4.90 Å². The van der Waals surface area contributed by atoms with E-state index in [0.29, 0.717) is 17.7 Å². The van der Waals surface area contributed by atoms with Crippen molar-refractivity contribution < 1.29 is 4.79 Å².